The van der Waals surface area contributed by atoms with E-state index in [4.69, 9.17) is 0 Å². The Hall–Kier alpha value is 1.55. The summed E-state index contributed by atoms with van der Waals surface area (Å²) < 4.78 is -1.59. The summed E-state index contributed by atoms with van der Waals surface area (Å²) in [5.74, 6) is 0.0174. The van der Waals surface area contributed by atoms with Gasteiger partial charge >= 0.3 is 0 Å². The van der Waals surface area contributed by atoms with Gasteiger partial charge in [-0.3, -0.25) is 4.79 Å². The molecule has 0 saturated carbocycles. The molecule has 0 aromatic carbocycles. The van der Waals surface area contributed by atoms with Crippen molar-refractivity contribution in [2.24, 2.45) is 0 Å². The highest BCUT2D eigenvalue weighted by Gasteiger charge is 2.65. The van der Waals surface area contributed by atoms with E-state index in [0.29, 0.717) is 0 Å². The second kappa shape index (κ2) is 3.77. The van der Waals surface area contributed by atoms with E-state index in [0.717, 1.165) is 0 Å². The second-order valence-electron chi connectivity index (χ2n) is 4.85. The molecule has 15 heavy (non-hydrogen) atoms. The number of hydrogen-bond donors (Lipinski definition) is 1. The van der Waals surface area contributed by atoms with Crippen molar-refractivity contribution in [3.63, 3.8) is 0 Å². The van der Waals surface area contributed by atoms with Crippen LogP contribution in [0.3, 0.4) is 0 Å². The van der Waals surface area contributed by atoms with E-state index in [-0.39, 0.29) is 5.78 Å². The summed E-state index contributed by atoms with van der Waals surface area (Å²) >= 11 is 13.8. The minimum atomic E-state index is -0.796. The van der Waals surface area contributed by atoms with Crippen LogP contribution in [0.15, 0.2) is 0 Å². The van der Waals surface area contributed by atoms with Gasteiger partial charge in [0.2, 0.25) is 0 Å². The lowest BCUT2D eigenvalue weighted by Gasteiger charge is -2.55. The summed E-state index contributed by atoms with van der Waals surface area (Å²) in [6, 6.07) is 0. The average molecular weight is 471 g/mol. The highest BCUT2D eigenvalue weighted by Crippen LogP contribution is 2.54. The number of alkyl halides is 4. The minimum Gasteiger partial charge on any atom is -0.302 e. The molecule has 0 amide bonds. The molecule has 0 radical (unpaired) electrons. The van der Waals surface area contributed by atoms with Gasteiger partial charge in [0.05, 0.1) is 0 Å². The summed E-state index contributed by atoms with van der Waals surface area (Å²) in [6.07, 6.45) is 0. The highest BCUT2D eigenvalue weighted by molar-refractivity contribution is 9.27. The van der Waals surface area contributed by atoms with Crippen LogP contribution in [0.2, 0.25) is 0 Å². The quantitative estimate of drug-likeness (QED) is 0.547. The van der Waals surface area contributed by atoms with Crippen molar-refractivity contribution in [1.29, 1.82) is 0 Å². The first-order valence-electron chi connectivity index (χ1n) is 4.46. The van der Waals surface area contributed by atoms with Crippen molar-refractivity contribution in [3.8, 4) is 0 Å². The summed E-state index contributed by atoms with van der Waals surface area (Å²) in [5.41, 5.74) is -0.781. The molecule has 0 unspecified atom stereocenters. The van der Waals surface area contributed by atoms with E-state index in [1.807, 2.05) is 27.7 Å². The normalized spacial score (nSPS) is 31.3. The van der Waals surface area contributed by atoms with Gasteiger partial charge in [0, 0.05) is 11.1 Å². The third-order valence-corrected chi connectivity index (χ3v) is 8.17. The molecule has 6 heteroatoms. The number of piperidine rings is 1. The Bertz CT molecular complexity index is 281. The molecule has 1 saturated heterocycles. The lowest BCUT2D eigenvalue weighted by Crippen LogP contribution is -2.76. The Balaban J connectivity index is 3.31. The average Bonchev–Trinajstić information content (AvgIpc) is 1.98. The molecule has 0 aliphatic carbocycles. The molecule has 1 N–H and O–H groups in total. The molecule has 88 valence electrons. The molecule has 1 aliphatic rings. The van der Waals surface area contributed by atoms with Gasteiger partial charge in [0.25, 0.3) is 0 Å². The maximum absolute atomic E-state index is 12.4. The summed E-state index contributed by atoms with van der Waals surface area (Å²) in [4.78, 5) is 12.4. The third kappa shape index (κ3) is 2.02. The number of Topliss-reactive ketones (excluding diaryl/α,β-unsaturated/α-hetero) is 1. The Kier molecular flexibility index (Phi) is 3.67. The Morgan fingerprint density at radius 1 is 0.867 bits per heavy atom. The maximum atomic E-state index is 12.4. The van der Waals surface area contributed by atoms with E-state index in [1.165, 1.54) is 0 Å². The van der Waals surface area contributed by atoms with Gasteiger partial charge in [0.15, 0.2) is 12.3 Å². The molecule has 1 heterocycles. The van der Waals surface area contributed by atoms with Crippen LogP contribution >= 0.6 is 63.7 Å². The lowest BCUT2D eigenvalue weighted by molar-refractivity contribution is -0.124. The third-order valence-electron chi connectivity index (χ3n) is 2.77. The van der Waals surface area contributed by atoms with Gasteiger partial charge in [0.1, 0.15) is 0 Å². The van der Waals surface area contributed by atoms with E-state index < -0.39 is 17.5 Å². The molecule has 0 bridgehead atoms. The van der Waals surface area contributed by atoms with Crippen LogP contribution in [0.1, 0.15) is 27.7 Å². The topological polar surface area (TPSA) is 29.1 Å². The predicted octanol–water partition coefficient (Wildman–Crippen LogP) is 3.69. The number of halogens is 4. The zero-order valence-corrected chi connectivity index (χ0v) is 15.3. The molecule has 0 aromatic heterocycles. The molecule has 1 rings (SSSR count). The van der Waals surface area contributed by atoms with Crippen molar-refractivity contribution < 1.29 is 4.79 Å². The van der Waals surface area contributed by atoms with Crippen LogP contribution in [0.25, 0.3) is 0 Å². The minimum absolute atomic E-state index is 0.0174. The fourth-order valence-electron chi connectivity index (χ4n) is 1.70. The van der Waals surface area contributed by atoms with Crippen LogP contribution in [0.4, 0.5) is 0 Å². The number of rotatable bonds is 0. The Morgan fingerprint density at radius 2 is 1.13 bits per heavy atom. The van der Waals surface area contributed by atoms with Gasteiger partial charge in [-0.15, -0.1) is 0 Å². The van der Waals surface area contributed by atoms with Crippen LogP contribution in [0, 0.1) is 0 Å². The van der Waals surface area contributed by atoms with Crippen molar-refractivity contribution in [2.45, 2.75) is 45.2 Å². The summed E-state index contributed by atoms with van der Waals surface area (Å²) in [7, 11) is 0. The molecule has 1 fully saturated rings. The van der Waals surface area contributed by atoms with Gasteiger partial charge in [-0.2, -0.15) is 0 Å². The molecule has 0 atom stereocenters. The van der Waals surface area contributed by atoms with Gasteiger partial charge in [-0.05, 0) is 27.7 Å². The van der Waals surface area contributed by atoms with Crippen molar-refractivity contribution in [1.82, 2.24) is 5.32 Å². The maximum Gasteiger partial charge on any atom is 0.191 e. The van der Waals surface area contributed by atoms with Gasteiger partial charge in [-0.25, -0.2) is 0 Å². The summed E-state index contributed by atoms with van der Waals surface area (Å²) in [6.45, 7) is 7.91. The molecule has 0 aromatic rings. The summed E-state index contributed by atoms with van der Waals surface area (Å²) in [5, 5.41) is 3.43. The van der Waals surface area contributed by atoms with Crippen molar-refractivity contribution in [3.05, 3.63) is 0 Å². The van der Waals surface area contributed by atoms with E-state index in [2.05, 4.69) is 69.0 Å². The standard InChI is InChI=1S/C9H13Br4NO/c1-6(2)8(10,11)5(15)9(12,13)7(3,4)14-6/h14H,1-4H3. The van der Waals surface area contributed by atoms with Gasteiger partial charge in [-0.1, -0.05) is 63.7 Å². The molecule has 2 nitrogen and oxygen atoms in total. The molecule has 1 aliphatic heterocycles. The molecule has 0 spiro atoms. The smallest absolute Gasteiger partial charge is 0.191 e. The largest absolute Gasteiger partial charge is 0.302 e. The Labute approximate surface area is 124 Å². The zero-order valence-electron chi connectivity index (χ0n) is 8.92. The number of nitrogens with one attached hydrogen (secondary N) is 1. The van der Waals surface area contributed by atoms with Gasteiger partial charge < -0.3 is 5.32 Å². The first-order chi connectivity index (χ1) is 6.36. The van der Waals surface area contributed by atoms with Crippen molar-refractivity contribution >= 4 is 69.5 Å². The first kappa shape index (κ1) is 14.6. The van der Waals surface area contributed by atoms with Crippen LogP contribution in [-0.4, -0.2) is 23.3 Å². The van der Waals surface area contributed by atoms with Crippen molar-refractivity contribution in [2.75, 3.05) is 0 Å². The van der Waals surface area contributed by atoms with E-state index in [1.54, 1.807) is 0 Å². The Morgan fingerprint density at radius 3 is 1.40 bits per heavy atom. The fraction of sp³-hybridized carbons (Fsp3) is 0.889. The monoisotopic (exact) mass is 467 g/mol. The number of carbonyl (C=O) groups is 1. The first-order valence-corrected chi connectivity index (χ1v) is 7.63. The SMILES string of the molecule is CC1(C)NC(C)(C)C(Br)(Br)C(=O)C1(Br)Br. The second-order valence-corrected chi connectivity index (χ2v) is 11.7. The lowest BCUT2D eigenvalue weighted by atomic mass is 9.81. The predicted molar refractivity (Wildman–Crippen MR) is 77.5 cm³/mol. The van der Waals surface area contributed by atoms with E-state index >= 15 is 0 Å². The fourth-order valence-corrected chi connectivity index (χ4v) is 4.35. The molecular formula is C9H13Br4NO. The highest BCUT2D eigenvalue weighted by atomic mass is 79.9. The van der Waals surface area contributed by atoms with Crippen LogP contribution in [-0.2, 0) is 4.79 Å². The molecular weight excluding hydrogens is 458 g/mol. The van der Waals surface area contributed by atoms with Crippen LogP contribution < -0.4 is 5.32 Å². The zero-order chi connectivity index (χ0) is 12.3. The number of carbonyl (C=O) groups excluding carboxylic acids is 1. The number of hydrogen-bond acceptors (Lipinski definition) is 2. The van der Waals surface area contributed by atoms with Crippen LogP contribution in [0.5, 0.6) is 0 Å². The number of ketones is 1. The van der Waals surface area contributed by atoms with E-state index in [9.17, 15) is 4.79 Å².